The van der Waals surface area contributed by atoms with Crippen LogP contribution in [0.5, 0.6) is 0 Å². The molecule has 1 aliphatic heterocycles. The van der Waals surface area contributed by atoms with Crippen molar-refractivity contribution in [1.29, 1.82) is 0 Å². The standard InChI is InChI=1S/C18H21N5O/c1-11(2)21-18-16-13(6-8-20-18)22-23-17(16)14-10-12(5-7-19-14)15-4-3-9-24-15/h5-8,10-11,15H,3-4,9H2,1-2H3,(H,20,21)(H,22,23). The third-order valence-electron chi connectivity index (χ3n) is 4.23. The molecule has 6 heteroatoms. The molecule has 0 spiro atoms. The molecule has 24 heavy (non-hydrogen) atoms. The lowest BCUT2D eigenvalue weighted by Gasteiger charge is -2.12. The van der Waals surface area contributed by atoms with E-state index >= 15 is 0 Å². The van der Waals surface area contributed by atoms with Gasteiger partial charge in [-0.3, -0.25) is 10.1 Å². The van der Waals surface area contributed by atoms with Crippen LogP contribution in [-0.4, -0.2) is 32.8 Å². The predicted molar refractivity (Wildman–Crippen MR) is 93.8 cm³/mol. The first-order chi connectivity index (χ1) is 11.7. The summed E-state index contributed by atoms with van der Waals surface area (Å²) in [6, 6.07) is 6.33. The second kappa shape index (κ2) is 6.20. The minimum absolute atomic E-state index is 0.170. The molecule has 1 unspecified atom stereocenters. The van der Waals surface area contributed by atoms with E-state index in [-0.39, 0.29) is 12.1 Å². The van der Waals surface area contributed by atoms with Crippen molar-refractivity contribution in [2.75, 3.05) is 11.9 Å². The van der Waals surface area contributed by atoms with Crippen LogP contribution < -0.4 is 5.32 Å². The van der Waals surface area contributed by atoms with E-state index in [1.165, 1.54) is 0 Å². The van der Waals surface area contributed by atoms with Gasteiger partial charge in [0.15, 0.2) is 0 Å². The number of fused-ring (bicyclic) bond motifs is 1. The van der Waals surface area contributed by atoms with E-state index in [2.05, 4.69) is 45.4 Å². The Morgan fingerprint density at radius 3 is 2.92 bits per heavy atom. The van der Waals surface area contributed by atoms with E-state index in [0.29, 0.717) is 0 Å². The summed E-state index contributed by atoms with van der Waals surface area (Å²) in [5, 5.41) is 11.9. The minimum atomic E-state index is 0.170. The summed E-state index contributed by atoms with van der Waals surface area (Å²) >= 11 is 0. The van der Waals surface area contributed by atoms with Crippen LogP contribution in [0.15, 0.2) is 30.6 Å². The molecule has 1 atom stereocenters. The molecule has 0 radical (unpaired) electrons. The summed E-state index contributed by atoms with van der Waals surface area (Å²) in [6.07, 6.45) is 5.96. The van der Waals surface area contributed by atoms with E-state index < -0.39 is 0 Å². The van der Waals surface area contributed by atoms with Crippen LogP contribution in [0.3, 0.4) is 0 Å². The highest BCUT2D eigenvalue weighted by molar-refractivity contribution is 5.99. The Morgan fingerprint density at radius 1 is 1.25 bits per heavy atom. The summed E-state index contributed by atoms with van der Waals surface area (Å²) in [5.41, 5.74) is 3.78. The molecule has 1 fully saturated rings. The zero-order valence-electron chi connectivity index (χ0n) is 13.9. The van der Waals surface area contributed by atoms with Crippen molar-refractivity contribution in [3.63, 3.8) is 0 Å². The quantitative estimate of drug-likeness (QED) is 0.766. The number of anilines is 1. The van der Waals surface area contributed by atoms with Crippen molar-refractivity contribution in [2.45, 2.75) is 38.8 Å². The molecular formula is C18H21N5O. The summed E-state index contributed by atoms with van der Waals surface area (Å²) in [6.45, 7) is 5.02. The van der Waals surface area contributed by atoms with Crippen molar-refractivity contribution in [3.8, 4) is 11.4 Å². The zero-order chi connectivity index (χ0) is 16.5. The second-order valence-electron chi connectivity index (χ2n) is 6.43. The average molecular weight is 323 g/mol. The Bertz CT molecular complexity index is 851. The molecule has 1 aliphatic rings. The normalized spacial score (nSPS) is 17.7. The maximum Gasteiger partial charge on any atom is 0.137 e. The molecular weight excluding hydrogens is 302 g/mol. The summed E-state index contributed by atoms with van der Waals surface area (Å²) in [7, 11) is 0. The van der Waals surface area contributed by atoms with Gasteiger partial charge in [-0.1, -0.05) is 0 Å². The van der Waals surface area contributed by atoms with Crippen LogP contribution in [0.25, 0.3) is 22.3 Å². The summed E-state index contributed by atoms with van der Waals surface area (Å²) < 4.78 is 5.79. The topological polar surface area (TPSA) is 75.7 Å². The number of rotatable bonds is 4. The smallest absolute Gasteiger partial charge is 0.137 e. The Hall–Kier alpha value is -2.47. The fourth-order valence-electron chi connectivity index (χ4n) is 3.15. The number of aromatic amines is 1. The molecule has 0 aromatic carbocycles. The average Bonchev–Trinajstić information content (AvgIpc) is 3.25. The third kappa shape index (κ3) is 2.73. The van der Waals surface area contributed by atoms with Gasteiger partial charge < -0.3 is 10.1 Å². The van der Waals surface area contributed by atoms with Gasteiger partial charge in [0.25, 0.3) is 0 Å². The van der Waals surface area contributed by atoms with Gasteiger partial charge >= 0.3 is 0 Å². The molecule has 1 saturated heterocycles. The Labute approximate surface area is 140 Å². The summed E-state index contributed by atoms with van der Waals surface area (Å²) in [5.74, 6) is 0.829. The fraction of sp³-hybridized carbons (Fsp3) is 0.389. The SMILES string of the molecule is CC(C)Nc1nccc2[nH]nc(-c3cc(C4CCCO4)ccn3)c12. The van der Waals surface area contributed by atoms with Crippen LogP contribution in [0.2, 0.25) is 0 Å². The highest BCUT2D eigenvalue weighted by atomic mass is 16.5. The third-order valence-corrected chi connectivity index (χ3v) is 4.23. The van der Waals surface area contributed by atoms with E-state index in [4.69, 9.17) is 4.74 Å². The van der Waals surface area contributed by atoms with Crippen molar-refractivity contribution >= 4 is 16.7 Å². The summed E-state index contributed by atoms with van der Waals surface area (Å²) in [4.78, 5) is 9.01. The Kier molecular flexibility index (Phi) is 3.90. The maximum absolute atomic E-state index is 5.79. The molecule has 0 saturated carbocycles. The number of hydrogen-bond acceptors (Lipinski definition) is 5. The monoisotopic (exact) mass is 323 g/mol. The van der Waals surface area contributed by atoms with Gasteiger partial charge in [-0.2, -0.15) is 5.10 Å². The van der Waals surface area contributed by atoms with E-state index in [0.717, 1.165) is 53.1 Å². The van der Waals surface area contributed by atoms with Crippen molar-refractivity contribution in [3.05, 3.63) is 36.2 Å². The van der Waals surface area contributed by atoms with Gasteiger partial charge in [0.2, 0.25) is 0 Å². The van der Waals surface area contributed by atoms with Crippen LogP contribution in [0.4, 0.5) is 5.82 Å². The van der Waals surface area contributed by atoms with Gasteiger partial charge in [0.1, 0.15) is 11.5 Å². The number of nitrogens with zero attached hydrogens (tertiary/aromatic N) is 3. The number of nitrogens with one attached hydrogen (secondary N) is 2. The number of ether oxygens (including phenoxy) is 1. The van der Waals surface area contributed by atoms with E-state index in [9.17, 15) is 0 Å². The van der Waals surface area contributed by atoms with Crippen LogP contribution in [0.1, 0.15) is 38.4 Å². The van der Waals surface area contributed by atoms with Gasteiger partial charge in [-0.25, -0.2) is 4.98 Å². The van der Waals surface area contributed by atoms with Crippen molar-refractivity contribution in [1.82, 2.24) is 20.2 Å². The second-order valence-corrected chi connectivity index (χ2v) is 6.43. The Balaban J connectivity index is 1.80. The molecule has 3 aromatic rings. The first kappa shape index (κ1) is 15.1. The van der Waals surface area contributed by atoms with Crippen LogP contribution in [0, 0.1) is 0 Å². The maximum atomic E-state index is 5.79. The van der Waals surface area contributed by atoms with Crippen molar-refractivity contribution in [2.24, 2.45) is 0 Å². The molecule has 4 rings (SSSR count). The highest BCUT2D eigenvalue weighted by Crippen LogP contribution is 2.33. The van der Waals surface area contributed by atoms with Crippen LogP contribution in [-0.2, 0) is 4.74 Å². The fourth-order valence-corrected chi connectivity index (χ4v) is 3.15. The molecule has 0 amide bonds. The van der Waals surface area contributed by atoms with Gasteiger partial charge in [-0.15, -0.1) is 0 Å². The molecule has 6 nitrogen and oxygen atoms in total. The largest absolute Gasteiger partial charge is 0.374 e. The lowest BCUT2D eigenvalue weighted by atomic mass is 10.1. The van der Waals surface area contributed by atoms with Crippen LogP contribution >= 0.6 is 0 Å². The lowest BCUT2D eigenvalue weighted by Crippen LogP contribution is -2.11. The number of aromatic nitrogens is 4. The van der Waals surface area contributed by atoms with Gasteiger partial charge in [0, 0.05) is 25.0 Å². The number of H-pyrrole nitrogens is 1. The first-order valence-corrected chi connectivity index (χ1v) is 8.40. The van der Waals surface area contributed by atoms with E-state index in [1.54, 1.807) is 6.20 Å². The zero-order valence-corrected chi connectivity index (χ0v) is 13.9. The minimum Gasteiger partial charge on any atom is -0.374 e. The highest BCUT2D eigenvalue weighted by Gasteiger charge is 2.20. The Morgan fingerprint density at radius 2 is 2.12 bits per heavy atom. The molecule has 0 aliphatic carbocycles. The lowest BCUT2D eigenvalue weighted by molar-refractivity contribution is 0.112. The van der Waals surface area contributed by atoms with Gasteiger partial charge in [-0.05, 0) is 50.5 Å². The molecule has 124 valence electrons. The number of pyridine rings is 2. The van der Waals surface area contributed by atoms with Gasteiger partial charge in [0.05, 0.1) is 22.7 Å². The molecule has 2 N–H and O–H groups in total. The first-order valence-electron chi connectivity index (χ1n) is 8.40. The van der Waals surface area contributed by atoms with E-state index in [1.807, 2.05) is 18.3 Å². The molecule has 3 aromatic heterocycles. The predicted octanol–water partition coefficient (Wildman–Crippen LogP) is 3.69. The molecule has 0 bridgehead atoms. The molecule has 4 heterocycles. The number of hydrogen-bond donors (Lipinski definition) is 2. The van der Waals surface area contributed by atoms with Crippen molar-refractivity contribution < 1.29 is 4.74 Å².